The summed E-state index contributed by atoms with van der Waals surface area (Å²) in [5.74, 6) is -4.52. The van der Waals surface area contributed by atoms with Gasteiger partial charge in [-0.05, 0) is 13.0 Å². The first-order chi connectivity index (χ1) is 12.6. The standard InChI is InChI=1S/C17H13F6N3O/c1-3-13-24-25-16-14(17(21,22)23)10(4-5-26(13)16)8(2)27-15-11(19)6-9(18)7-12(15)20/h4-8H,3H2,1-2H3/t8-/m0/s1. The van der Waals surface area contributed by atoms with Gasteiger partial charge in [-0.3, -0.25) is 4.40 Å². The van der Waals surface area contributed by atoms with E-state index in [2.05, 4.69) is 10.2 Å². The molecule has 0 saturated heterocycles. The summed E-state index contributed by atoms with van der Waals surface area (Å²) in [6, 6.07) is 1.89. The molecule has 0 radical (unpaired) electrons. The summed E-state index contributed by atoms with van der Waals surface area (Å²) in [5.41, 5.74) is -1.94. The maximum atomic E-state index is 13.8. The average Bonchev–Trinajstić information content (AvgIpc) is 2.98. The second-order valence-corrected chi connectivity index (χ2v) is 5.77. The van der Waals surface area contributed by atoms with E-state index in [1.807, 2.05) is 0 Å². The van der Waals surface area contributed by atoms with Gasteiger partial charge < -0.3 is 4.74 Å². The minimum absolute atomic E-state index is 0.325. The molecule has 1 aromatic carbocycles. The van der Waals surface area contributed by atoms with Gasteiger partial charge in [0.1, 0.15) is 23.3 Å². The predicted octanol–water partition coefficient (Wildman–Crippen LogP) is 4.87. The highest BCUT2D eigenvalue weighted by Gasteiger charge is 2.39. The lowest BCUT2D eigenvalue weighted by Crippen LogP contribution is -2.17. The van der Waals surface area contributed by atoms with Crippen molar-refractivity contribution in [2.75, 3.05) is 0 Å². The zero-order valence-electron chi connectivity index (χ0n) is 14.1. The average molecular weight is 389 g/mol. The number of fused-ring (bicyclic) bond motifs is 1. The van der Waals surface area contributed by atoms with E-state index in [-0.39, 0.29) is 5.56 Å². The van der Waals surface area contributed by atoms with Crippen LogP contribution in [0.4, 0.5) is 26.3 Å². The summed E-state index contributed by atoms with van der Waals surface area (Å²) in [4.78, 5) is 0. The molecule has 0 amide bonds. The van der Waals surface area contributed by atoms with Gasteiger partial charge in [-0.15, -0.1) is 10.2 Å². The fraction of sp³-hybridized carbons (Fsp3) is 0.294. The molecule has 0 aliphatic carbocycles. The Hall–Kier alpha value is -2.78. The van der Waals surface area contributed by atoms with Gasteiger partial charge in [0.2, 0.25) is 0 Å². The molecule has 0 saturated carbocycles. The van der Waals surface area contributed by atoms with Gasteiger partial charge in [-0.25, -0.2) is 13.2 Å². The van der Waals surface area contributed by atoms with E-state index in [1.165, 1.54) is 17.5 Å². The Bertz CT molecular complexity index is 975. The molecule has 0 aliphatic rings. The third-order valence-electron chi connectivity index (χ3n) is 3.98. The summed E-state index contributed by atoms with van der Waals surface area (Å²) in [6.45, 7) is 2.91. The largest absolute Gasteiger partial charge is 0.480 e. The van der Waals surface area contributed by atoms with E-state index in [1.54, 1.807) is 6.92 Å². The third kappa shape index (κ3) is 3.43. The molecule has 0 aliphatic heterocycles. The molecule has 4 nitrogen and oxygen atoms in total. The molecule has 0 bridgehead atoms. The lowest BCUT2D eigenvalue weighted by Gasteiger charge is -2.21. The van der Waals surface area contributed by atoms with Gasteiger partial charge >= 0.3 is 6.18 Å². The number of ether oxygens (including phenoxy) is 1. The highest BCUT2D eigenvalue weighted by Crippen LogP contribution is 2.39. The van der Waals surface area contributed by atoms with Crippen molar-refractivity contribution in [2.45, 2.75) is 32.5 Å². The zero-order chi connectivity index (χ0) is 19.9. The van der Waals surface area contributed by atoms with Crippen molar-refractivity contribution in [1.29, 1.82) is 0 Å². The first-order valence-corrected chi connectivity index (χ1v) is 7.88. The number of alkyl halides is 3. The van der Waals surface area contributed by atoms with Gasteiger partial charge in [-0.2, -0.15) is 13.2 Å². The van der Waals surface area contributed by atoms with Crippen LogP contribution in [0, 0.1) is 17.5 Å². The number of pyridine rings is 1. The monoisotopic (exact) mass is 389 g/mol. The van der Waals surface area contributed by atoms with Crippen LogP contribution in [-0.2, 0) is 12.6 Å². The molecule has 2 heterocycles. The quantitative estimate of drug-likeness (QED) is 0.598. The Kier molecular flexibility index (Phi) is 4.75. The molecule has 10 heteroatoms. The number of nitrogens with zero attached hydrogens (tertiary/aromatic N) is 3. The second-order valence-electron chi connectivity index (χ2n) is 5.77. The molecule has 0 spiro atoms. The van der Waals surface area contributed by atoms with Crippen molar-refractivity contribution in [3.05, 3.63) is 58.8 Å². The van der Waals surface area contributed by atoms with Crippen LogP contribution in [0.3, 0.4) is 0 Å². The van der Waals surface area contributed by atoms with Gasteiger partial charge in [0, 0.05) is 30.3 Å². The van der Waals surface area contributed by atoms with E-state index in [9.17, 15) is 26.3 Å². The maximum Gasteiger partial charge on any atom is 0.420 e. The first-order valence-electron chi connectivity index (χ1n) is 7.88. The molecule has 0 N–H and O–H groups in total. The third-order valence-corrected chi connectivity index (χ3v) is 3.98. The van der Waals surface area contributed by atoms with Crippen molar-refractivity contribution >= 4 is 5.65 Å². The van der Waals surface area contributed by atoms with E-state index in [0.29, 0.717) is 24.4 Å². The predicted molar refractivity (Wildman–Crippen MR) is 82.7 cm³/mol. The summed E-state index contributed by atoms with van der Waals surface area (Å²) < 4.78 is 87.8. The Morgan fingerprint density at radius 1 is 1.11 bits per heavy atom. The number of hydrogen-bond acceptors (Lipinski definition) is 3. The van der Waals surface area contributed by atoms with Gasteiger partial charge in [-0.1, -0.05) is 6.92 Å². The number of aryl methyl sites for hydroxylation is 1. The summed E-state index contributed by atoms with van der Waals surface area (Å²) in [5, 5.41) is 7.31. The normalized spacial score (nSPS) is 13.2. The molecule has 3 rings (SSSR count). The fourth-order valence-electron chi connectivity index (χ4n) is 2.77. The minimum atomic E-state index is -4.81. The van der Waals surface area contributed by atoms with Crippen LogP contribution < -0.4 is 4.74 Å². The summed E-state index contributed by atoms with van der Waals surface area (Å²) in [6.07, 6.45) is -4.53. The molecule has 2 aromatic heterocycles. The van der Waals surface area contributed by atoms with Gasteiger partial charge in [0.25, 0.3) is 0 Å². The molecule has 1 atom stereocenters. The summed E-state index contributed by atoms with van der Waals surface area (Å²) in [7, 11) is 0. The summed E-state index contributed by atoms with van der Waals surface area (Å²) >= 11 is 0. The molecule has 27 heavy (non-hydrogen) atoms. The number of benzene rings is 1. The van der Waals surface area contributed by atoms with Crippen molar-refractivity contribution < 1.29 is 31.1 Å². The second kappa shape index (κ2) is 6.75. The highest BCUT2D eigenvalue weighted by atomic mass is 19.4. The Labute approximate surface area is 149 Å². The van der Waals surface area contributed by atoms with Gasteiger partial charge in [0.05, 0.1) is 0 Å². The van der Waals surface area contributed by atoms with Crippen LogP contribution in [0.2, 0.25) is 0 Å². The SMILES string of the molecule is CCc1nnc2c(C(F)(F)F)c([C@H](C)Oc3c(F)cc(F)cc3F)ccn12. The molecule has 144 valence electrons. The number of aromatic nitrogens is 3. The van der Waals surface area contributed by atoms with Crippen LogP contribution in [0.1, 0.15) is 36.9 Å². The van der Waals surface area contributed by atoms with Crippen molar-refractivity contribution in [3.8, 4) is 5.75 Å². The van der Waals surface area contributed by atoms with E-state index in [0.717, 1.165) is 6.07 Å². The van der Waals surface area contributed by atoms with E-state index in [4.69, 9.17) is 4.74 Å². The maximum absolute atomic E-state index is 13.8. The molecule has 3 aromatic rings. The Balaban J connectivity index is 2.11. The highest BCUT2D eigenvalue weighted by molar-refractivity contribution is 5.54. The lowest BCUT2D eigenvalue weighted by molar-refractivity contribution is -0.138. The van der Waals surface area contributed by atoms with Crippen molar-refractivity contribution in [1.82, 2.24) is 14.6 Å². The topological polar surface area (TPSA) is 39.4 Å². The Morgan fingerprint density at radius 2 is 1.74 bits per heavy atom. The van der Waals surface area contributed by atoms with Crippen LogP contribution >= 0.6 is 0 Å². The number of rotatable bonds is 4. The first kappa shape index (κ1) is 19.0. The molecular formula is C17H13F6N3O. The lowest BCUT2D eigenvalue weighted by atomic mass is 10.0. The van der Waals surface area contributed by atoms with Crippen molar-refractivity contribution in [3.63, 3.8) is 0 Å². The smallest absolute Gasteiger partial charge is 0.420 e. The Morgan fingerprint density at radius 3 is 2.30 bits per heavy atom. The van der Waals surface area contributed by atoms with Crippen molar-refractivity contribution in [2.24, 2.45) is 0 Å². The van der Waals surface area contributed by atoms with E-state index >= 15 is 0 Å². The molecule has 0 unspecified atom stereocenters. The molecular weight excluding hydrogens is 376 g/mol. The number of hydrogen-bond donors (Lipinski definition) is 0. The van der Waals surface area contributed by atoms with Crippen LogP contribution in [0.25, 0.3) is 5.65 Å². The van der Waals surface area contributed by atoms with Crippen LogP contribution in [0.5, 0.6) is 5.75 Å². The number of halogens is 6. The van der Waals surface area contributed by atoms with Crippen LogP contribution in [0.15, 0.2) is 24.4 Å². The van der Waals surface area contributed by atoms with E-state index < -0.39 is 46.7 Å². The van der Waals surface area contributed by atoms with Crippen LogP contribution in [-0.4, -0.2) is 14.6 Å². The van der Waals surface area contributed by atoms with Gasteiger partial charge in [0.15, 0.2) is 23.0 Å². The zero-order valence-corrected chi connectivity index (χ0v) is 14.1. The fourth-order valence-corrected chi connectivity index (χ4v) is 2.77. The minimum Gasteiger partial charge on any atom is -0.480 e. The molecule has 0 fully saturated rings.